The number of anilines is 1. The maximum atomic E-state index is 13.0. The molecule has 1 unspecified atom stereocenters. The molecule has 1 aromatic carbocycles. The quantitative estimate of drug-likeness (QED) is 0.594. The lowest BCUT2D eigenvalue weighted by atomic mass is 10.0. The summed E-state index contributed by atoms with van der Waals surface area (Å²) in [5, 5.41) is 3.44. The third kappa shape index (κ3) is 4.38. The van der Waals surface area contributed by atoms with Crippen LogP contribution in [0.4, 0.5) is 5.69 Å². The Labute approximate surface area is 161 Å². The van der Waals surface area contributed by atoms with Gasteiger partial charge in [-0.25, -0.2) is 4.79 Å². The number of halogens is 1. The van der Waals surface area contributed by atoms with Gasteiger partial charge in [0.25, 0.3) is 5.91 Å². The zero-order valence-corrected chi connectivity index (χ0v) is 17.0. The number of nitrogens with zero attached hydrogens (tertiary/aromatic N) is 1. The van der Waals surface area contributed by atoms with E-state index in [0.29, 0.717) is 16.3 Å². The van der Waals surface area contributed by atoms with E-state index in [9.17, 15) is 9.59 Å². The van der Waals surface area contributed by atoms with Crippen LogP contribution >= 0.6 is 11.6 Å². The fourth-order valence-corrected chi connectivity index (χ4v) is 4.15. The van der Waals surface area contributed by atoms with E-state index < -0.39 is 5.97 Å². The third-order valence-corrected chi connectivity index (χ3v) is 5.80. The van der Waals surface area contributed by atoms with Crippen molar-refractivity contribution in [3.8, 4) is 0 Å². The summed E-state index contributed by atoms with van der Waals surface area (Å²) in [7, 11) is 0. The number of amides is 1. The van der Waals surface area contributed by atoms with Crippen LogP contribution in [0.15, 0.2) is 12.1 Å². The number of likely N-dealkylation sites (tertiary alicyclic amines) is 1. The van der Waals surface area contributed by atoms with Crippen molar-refractivity contribution in [1.82, 2.24) is 0 Å². The van der Waals surface area contributed by atoms with Crippen LogP contribution < -0.4 is 5.32 Å². The highest BCUT2D eigenvalue weighted by Crippen LogP contribution is 2.28. The van der Waals surface area contributed by atoms with Gasteiger partial charge in [0.05, 0.1) is 37.5 Å². The molecule has 0 radical (unpaired) electrons. The Morgan fingerprint density at radius 2 is 1.88 bits per heavy atom. The van der Waals surface area contributed by atoms with Crippen LogP contribution in [0.1, 0.15) is 56.0 Å². The average Bonchev–Trinajstić information content (AvgIpc) is 2.63. The number of hydrogen-bond donors (Lipinski definition) is 1. The first kappa shape index (κ1) is 20.7. The Morgan fingerprint density at radius 1 is 1.23 bits per heavy atom. The molecule has 144 valence electrons. The minimum Gasteiger partial charge on any atom is -0.462 e. The molecule has 0 aromatic heterocycles. The number of ether oxygens (including phenoxy) is 1. The van der Waals surface area contributed by atoms with Crippen LogP contribution in [0.5, 0.6) is 0 Å². The van der Waals surface area contributed by atoms with Crippen LogP contribution in [-0.4, -0.2) is 48.6 Å². The molecule has 1 saturated heterocycles. The van der Waals surface area contributed by atoms with E-state index in [-0.39, 0.29) is 18.6 Å². The van der Waals surface area contributed by atoms with Gasteiger partial charge < -0.3 is 14.5 Å². The third-order valence-electron chi connectivity index (χ3n) is 5.58. The molecule has 1 aliphatic heterocycles. The number of carbonyl (C=O) groups is 2. The van der Waals surface area contributed by atoms with Gasteiger partial charge in [-0.05, 0) is 64.7 Å². The van der Waals surface area contributed by atoms with Crippen molar-refractivity contribution in [3.63, 3.8) is 0 Å². The molecule has 1 aromatic rings. The minimum atomic E-state index is -0.474. The van der Waals surface area contributed by atoms with Crippen molar-refractivity contribution >= 4 is 29.2 Å². The van der Waals surface area contributed by atoms with Crippen LogP contribution in [0, 0.1) is 6.92 Å². The van der Waals surface area contributed by atoms with Crippen molar-refractivity contribution in [1.29, 1.82) is 0 Å². The van der Waals surface area contributed by atoms with Gasteiger partial charge in [0.1, 0.15) is 0 Å². The number of rotatable bonds is 6. The number of likely N-dealkylation sites (N-methyl/N-ethyl adjacent to an activating group) is 1. The maximum Gasteiger partial charge on any atom is 0.340 e. The predicted octanol–water partition coefficient (Wildman–Crippen LogP) is 4.17. The van der Waals surface area contributed by atoms with E-state index in [1.54, 1.807) is 19.1 Å². The number of aryl methyl sites for hydroxylation is 1. The van der Waals surface area contributed by atoms with Gasteiger partial charge in [-0.3, -0.25) is 4.79 Å². The summed E-state index contributed by atoms with van der Waals surface area (Å²) in [6.45, 7) is 11.0. The van der Waals surface area contributed by atoms with Gasteiger partial charge in [-0.1, -0.05) is 11.6 Å². The number of nitrogens with one attached hydrogen (secondary N) is 1. The van der Waals surface area contributed by atoms with E-state index in [1.165, 1.54) is 6.42 Å². The molecule has 1 atom stereocenters. The molecule has 0 saturated carbocycles. The van der Waals surface area contributed by atoms with E-state index in [1.807, 2.05) is 13.8 Å². The van der Waals surface area contributed by atoms with Crippen molar-refractivity contribution in [2.45, 2.75) is 53.0 Å². The fourth-order valence-electron chi connectivity index (χ4n) is 3.87. The zero-order valence-electron chi connectivity index (χ0n) is 16.2. The van der Waals surface area contributed by atoms with Crippen molar-refractivity contribution in [2.75, 3.05) is 31.6 Å². The number of piperidine rings is 1. The first-order valence-corrected chi connectivity index (χ1v) is 9.86. The van der Waals surface area contributed by atoms with E-state index in [2.05, 4.69) is 12.2 Å². The monoisotopic (exact) mass is 381 g/mol. The fraction of sp³-hybridized carbons (Fsp3) is 0.600. The molecule has 0 aliphatic carbocycles. The standard InChI is InChI=1S/C20H29ClN2O3/c1-5-23(10-8-7-9-11-23)15(4)19(24)22-18-14(3)12-16(21)13-17(18)20(25)26-6-2/h12-13,15H,5-11H2,1-4H3/p+1. The number of esters is 1. The second-order valence-corrected chi connectivity index (χ2v) is 7.51. The van der Waals surface area contributed by atoms with Gasteiger partial charge in [0, 0.05) is 5.02 Å². The Kier molecular flexibility index (Phi) is 7.07. The van der Waals surface area contributed by atoms with Crippen LogP contribution in [-0.2, 0) is 9.53 Å². The topological polar surface area (TPSA) is 55.4 Å². The van der Waals surface area contributed by atoms with Gasteiger partial charge in [0.15, 0.2) is 6.04 Å². The van der Waals surface area contributed by atoms with Crippen molar-refractivity contribution in [2.24, 2.45) is 0 Å². The van der Waals surface area contributed by atoms with E-state index in [0.717, 1.165) is 42.5 Å². The molecule has 26 heavy (non-hydrogen) atoms. The Morgan fingerprint density at radius 3 is 2.46 bits per heavy atom. The molecule has 1 heterocycles. The summed E-state index contributed by atoms with van der Waals surface area (Å²) in [4.78, 5) is 25.3. The Hall–Kier alpha value is -1.59. The highest BCUT2D eigenvalue weighted by molar-refractivity contribution is 6.31. The van der Waals surface area contributed by atoms with Crippen molar-refractivity contribution in [3.05, 3.63) is 28.3 Å². The molecule has 0 spiro atoms. The molecule has 5 nitrogen and oxygen atoms in total. The lowest BCUT2D eigenvalue weighted by Crippen LogP contribution is -2.60. The zero-order chi connectivity index (χ0) is 19.3. The first-order valence-electron chi connectivity index (χ1n) is 9.48. The van der Waals surface area contributed by atoms with Crippen LogP contribution in [0.3, 0.4) is 0 Å². The molecule has 1 fully saturated rings. The van der Waals surface area contributed by atoms with Crippen LogP contribution in [0.2, 0.25) is 5.02 Å². The Balaban J connectivity index is 2.29. The smallest absolute Gasteiger partial charge is 0.340 e. The highest BCUT2D eigenvalue weighted by atomic mass is 35.5. The van der Waals surface area contributed by atoms with Crippen molar-refractivity contribution < 1.29 is 18.8 Å². The summed E-state index contributed by atoms with van der Waals surface area (Å²) < 4.78 is 5.92. The summed E-state index contributed by atoms with van der Waals surface area (Å²) in [5.74, 6) is -0.539. The summed E-state index contributed by atoms with van der Waals surface area (Å²) >= 11 is 6.11. The summed E-state index contributed by atoms with van der Waals surface area (Å²) in [6.07, 6.45) is 3.54. The maximum absolute atomic E-state index is 13.0. The number of carbonyl (C=O) groups excluding carboxylic acids is 2. The van der Waals surface area contributed by atoms with Gasteiger partial charge >= 0.3 is 5.97 Å². The molecular weight excluding hydrogens is 352 g/mol. The normalized spacial score (nSPS) is 17.4. The van der Waals surface area contributed by atoms with Gasteiger partial charge in [-0.2, -0.15) is 0 Å². The molecule has 0 bridgehead atoms. The minimum absolute atomic E-state index is 0.0651. The summed E-state index contributed by atoms with van der Waals surface area (Å²) in [5.41, 5.74) is 1.55. The average molecular weight is 382 g/mol. The molecule has 6 heteroatoms. The van der Waals surface area contributed by atoms with E-state index >= 15 is 0 Å². The number of hydrogen-bond acceptors (Lipinski definition) is 3. The molecule has 1 amide bonds. The molecule has 1 N–H and O–H groups in total. The molecular formula is C20H30ClN2O3+. The lowest BCUT2D eigenvalue weighted by Gasteiger charge is -2.44. The number of quaternary nitrogens is 1. The van der Waals surface area contributed by atoms with E-state index in [4.69, 9.17) is 16.3 Å². The van der Waals surface area contributed by atoms with Gasteiger partial charge in [-0.15, -0.1) is 0 Å². The second kappa shape index (κ2) is 8.87. The highest BCUT2D eigenvalue weighted by Gasteiger charge is 2.38. The lowest BCUT2D eigenvalue weighted by molar-refractivity contribution is -0.943. The SMILES string of the molecule is CCOC(=O)c1cc(Cl)cc(C)c1NC(=O)C(C)[N+]1(CC)CCCCC1. The van der Waals surface area contributed by atoms with Crippen LogP contribution in [0.25, 0.3) is 0 Å². The molecule has 1 aliphatic rings. The number of benzene rings is 1. The Bertz CT molecular complexity index is 669. The second-order valence-electron chi connectivity index (χ2n) is 7.07. The predicted molar refractivity (Wildman–Crippen MR) is 105 cm³/mol. The molecule has 2 rings (SSSR count). The summed E-state index contributed by atoms with van der Waals surface area (Å²) in [6, 6.07) is 3.12. The largest absolute Gasteiger partial charge is 0.462 e. The first-order chi connectivity index (χ1) is 12.3. The van der Waals surface area contributed by atoms with Gasteiger partial charge in [0.2, 0.25) is 0 Å².